The van der Waals surface area contributed by atoms with Crippen LogP contribution in [0.1, 0.15) is 22.8 Å². The first kappa shape index (κ1) is 18.3. The lowest BCUT2D eigenvalue weighted by molar-refractivity contribution is -0.138. The second kappa shape index (κ2) is 8.48. The monoisotopic (exact) mass is 301 g/mol. The predicted octanol–water partition coefficient (Wildman–Crippen LogP) is 0.945. The molecule has 0 unspecified atom stereocenters. The number of carbonyl (C=O) groups is 3. The molecule has 0 aliphatic heterocycles. The highest BCUT2D eigenvalue weighted by Crippen LogP contribution is 2.19. The summed E-state index contributed by atoms with van der Waals surface area (Å²) in [5.74, 6) is -2.07. The molecule has 1 aromatic rings. The highest BCUT2D eigenvalue weighted by molar-refractivity contribution is 5.95. The van der Waals surface area contributed by atoms with Gasteiger partial charge in [0.25, 0.3) is 0 Å². The van der Waals surface area contributed by atoms with Gasteiger partial charge in [-0.2, -0.15) is 0 Å². The van der Waals surface area contributed by atoms with E-state index in [2.05, 4.69) is 10.3 Å². The van der Waals surface area contributed by atoms with Crippen molar-refractivity contribution in [2.24, 2.45) is 11.5 Å². The summed E-state index contributed by atoms with van der Waals surface area (Å²) >= 11 is 0. The van der Waals surface area contributed by atoms with Gasteiger partial charge in [0.2, 0.25) is 0 Å². The van der Waals surface area contributed by atoms with Gasteiger partial charge in [-0.15, -0.1) is 0 Å². The third kappa shape index (κ3) is 6.34. The van der Waals surface area contributed by atoms with Crippen LogP contribution in [0.25, 0.3) is 0 Å². The van der Waals surface area contributed by atoms with E-state index in [0.717, 1.165) is 0 Å². The Morgan fingerprint density at radius 3 is 2.29 bits per heavy atom. The Morgan fingerprint density at radius 1 is 1.38 bits per heavy atom. The molecule has 116 valence electrons. The summed E-state index contributed by atoms with van der Waals surface area (Å²) in [6.07, 6.45) is 0. The Labute approximate surface area is 119 Å². The minimum atomic E-state index is -1.11. The number of carboxylic acid groups (broad SMARTS) is 1. The largest absolute Gasteiger partial charge is 0.480 e. The minimum absolute atomic E-state index is 0.0313. The Morgan fingerprint density at radius 2 is 1.90 bits per heavy atom. The number of hydrogen-bond donors (Lipinski definition) is 4. The second-order valence-electron chi connectivity index (χ2n) is 3.96. The van der Waals surface area contributed by atoms with Crippen LogP contribution in [-0.2, 0) is 9.74 Å². The molecule has 1 rings (SSSR count). The molecule has 21 heavy (non-hydrogen) atoms. The summed E-state index contributed by atoms with van der Waals surface area (Å²) in [5, 5.41) is 10.2. The highest BCUT2D eigenvalue weighted by atomic mass is 19.3. The molecule has 0 fully saturated rings. The fourth-order valence-corrected chi connectivity index (χ4v) is 1.17. The molecule has 0 radical (unpaired) electrons. The molecule has 0 aromatic heterocycles. The van der Waals surface area contributed by atoms with Crippen LogP contribution in [0.3, 0.4) is 0 Å². The third-order valence-corrected chi connectivity index (χ3v) is 2.27. The van der Waals surface area contributed by atoms with E-state index in [1.165, 1.54) is 32.0 Å². The van der Waals surface area contributed by atoms with Crippen molar-refractivity contribution in [2.45, 2.75) is 19.9 Å². The van der Waals surface area contributed by atoms with Crippen molar-refractivity contribution in [3.8, 4) is 0 Å². The number of hydrogen-bond acceptors (Lipinski definition) is 5. The predicted molar refractivity (Wildman–Crippen MR) is 72.2 cm³/mol. The number of urea groups is 1. The van der Waals surface area contributed by atoms with Gasteiger partial charge in [-0.05, 0) is 31.5 Å². The molecule has 9 heteroatoms. The molecule has 1 aromatic carbocycles. The van der Waals surface area contributed by atoms with E-state index in [1.54, 1.807) is 0 Å². The molecule has 8 nitrogen and oxygen atoms in total. The molecule has 0 bridgehead atoms. The van der Waals surface area contributed by atoms with Gasteiger partial charge < -0.3 is 21.9 Å². The Kier molecular flexibility index (Phi) is 7.40. The fourth-order valence-electron chi connectivity index (χ4n) is 1.17. The van der Waals surface area contributed by atoms with Crippen LogP contribution >= 0.6 is 0 Å². The van der Waals surface area contributed by atoms with Crippen LogP contribution in [-0.4, -0.2) is 29.1 Å². The Hall–Kier alpha value is -2.68. The molecular weight excluding hydrogens is 285 g/mol. The number of anilines is 1. The number of nitrogens with one attached hydrogen (secondary N) is 1. The lowest BCUT2D eigenvalue weighted by Gasteiger charge is -2.08. The maximum atomic E-state index is 11.7. The van der Waals surface area contributed by atoms with Crippen molar-refractivity contribution < 1.29 is 29.0 Å². The SMILES string of the molecule is C[C@H](N)C(=O)O.Cc1c(NC(N)=O)cccc1C(=O)OF. The van der Waals surface area contributed by atoms with Crippen LogP contribution in [0.4, 0.5) is 15.0 Å². The summed E-state index contributed by atoms with van der Waals surface area (Å²) in [6, 6.07) is 2.90. The van der Waals surface area contributed by atoms with Gasteiger partial charge in [0, 0.05) is 10.2 Å². The number of primary amides is 1. The normalized spacial score (nSPS) is 10.7. The Bertz CT molecular complexity index is 534. The van der Waals surface area contributed by atoms with Gasteiger partial charge in [-0.25, -0.2) is 14.5 Å². The van der Waals surface area contributed by atoms with Crippen molar-refractivity contribution in [1.29, 1.82) is 0 Å². The molecule has 0 heterocycles. The maximum Gasteiger partial charge on any atom is 0.379 e. The summed E-state index contributed by atoms with van der Waals surface area (Å²) in [4.78, 5) is 34.2. The summed E-state index contributed by atoms with van der Waals surface area (Å²) in [6.45, 7) is 2.96. The van der Waals surface area contributed by atoms with Gasteiger partial charge in [0.05, 0.1) is 5.56 Å². The van der Waals surface area contributed by atoms with Crippen LogP contribution in [0.5, 0.6) is 0 Å². The van der Waals surface area contributed by atoms with E-state index in [4.69, 9.17) is 16.6 Å². The van der Waals surface area contributed by atoms with Crippen molar-refractivity contribution in [3.63, 3.8) is 0 Å². The van der Waals surface area contributed by atoms with Crippen LogP contribution in [0.15, 0.2) is 18.2 Å². The smallest absolute Gasteiger partial charge is 0.379 e. The highest BCUT2D eigenvalue weighted by Gasteiger charge is 2.13. The zero-order valence-corrected chi connectivity index (χ0v) is 11.4. The lowest BCUT2D eigenvalue weighted by atomic mass is 10.1. The maximum absolute atomic E-state index is 11.7. The standard InChI is InChI=1S/C9H9FN2O3.C3H7NO2/c1-5-6(8(13)15-10)3-2-4-7(5)12-9(11)14;1-2(4)3(5)6/h2-4H,1H3,(H3,11,12,14);2H,4H2,1H3,(H,5,6)/t;2-/m.0/s1. The number of amides is 2. The number of nitrogens with two attached hydrogens (primary N) is 2. The molecule has 2 amide bonds. The molecule has 6 N–H and O–H groups in total. The zero-order chi connectivity index (χ0) is 16.6. The third-order valence-electron chi connectivity index (χ3n) is 2.27. The minimum Gasteiger partial charge on any atom is -0.480 e. The zero-order valence-electron chi connectivity index (χ0n) is 11.4. The number of aliphatic carboxylic acids is 1. The van der Waals surface area contributed by atoms with Crippen LogP contribution < -0.4 is 16.8 Å². The molecule has 1 atom stereocenters. The van der Waals surface area contributed by atoms with E-state index in [0.29, 0.717) is 11.3 Å². The average molecular weight is 301 g/mol. The lowest BCUT2D eigenvalue weighted by Crippen LogP contribution is -2.25. The summed E-state index contributed by atoms with van der Waals surface area (Å²) < 4.78 is 11.7. The summed E-state index contributed by atoms with van der Waals surface area (Å²) in [5.41, 5.74) is 10.5. The molecule has 0 aliphatic carbocycles. The van der Waals surface area contributed by atoms with Gasteiger partial charge >= 0.3 is 18.0 Å². The van der Waals surface area contributed by atoms with Crippen LogP contribution in [0, 0.1) is 6.92 Å². The average Bonchev–Trinajstić information content (AvgIpc) is 2.40. The fraction of sp³-hybridized carbons (Fsp3) is 0.250. The molecule has 0 aliphatic rings. The first-order valence-electron chi connectivity index (χ1n) is 5.68. The van der Waals surface area contributed by atoms with Crippen molar-refractivity contribution in [2.75, 3.05) is 5.32 Å². The first-order chi connectivity index (χ1) is 9.70. The molecular formula is C12H16FN3O5. The Balaban J connectivity index is 0.000000567. The number of carbonyl (C=O) groups excluding carboxylic acids is 2. The summed E-state index contributed by atoms with van der Waals surface area (Å²) in [7, 11) is 0. The van der Waals surface area contributed by atoms with E-state index >= 15 is 0 Å². The van der Waals surface area contributed by atoms with Gasteiger partial charge in [0.15, 0.2) is 0 Å². The number of rotatable bonds is 3. The van der Waals surface area contributed by atoms with E-state index in [9.17, 15) is 18.9 Å². The van der Waals surface area contributed by atoms with Crippen molar-refractivity contribution in [1.82, 2.24) is 0 Å². The van der Waals surface area contributed by atoms with E-state index in [1.807, 2.05) is 0 Å². The molecule has 0 spiro atoms. The number of benzene rings is 1. The molecule has 0 saturated heterocycles. The van der Waals surface area contributed by atoms with E-state index < -0.39 is 24.0 Å². The van der Waals surface area contributed by atoms with Gasteiger partial charge in [0.1, 0.15) is 6.04 Å². The van der Waals surface area contributed by atoms with Crippen molar-refractivity contribution in [3.05, 3.63) is 29.3 Å². The first-order valence-corrected chi connectivity index (χ1v) is 5.68. The van der Waals surface area contributed by atoms with E-state index in [-0.39, 0.29) is 5.56 Å². The quantitative estimate of drug-likeness (QED) is 0.654. The van der Waals surface area contributed by atoms with Crippen molar-refractivity contribution >= 4 is 23.7 Å². The van der Waals surface area contributed by atoms with Gasteiger partial charge in [-0.3, -0.25) is 4.79 Å². The van der Waals surface area contributed by atoms with Crippen LogP contribution in [0.2, 0.25) is 0 Å². The molecule has 0 saturated carbocycles. The second-order valence-corrected chi connectivity index (χ2v) is 3.96. The van der Waals surface area contributed by atoms with Gasteiger partial charge in [-0.1, -0.05) is 6.07 Å². The topological polar surface area (TPSA) is 145 Å². The number of halogens is 1. The number of carboxylic acids is 1.